The average molecular weight is 523 g/mol. The summed E-state index contributed by atoms with van der Waals surface area (Å²) in [5, 5.41) is 4.08. The number of piperidine rings is 1. The molecule has 3 aromatic carbocycles. The molecule has 0 radical (unpaired) electrons. The van der Waals surface area contributed by atoms with Gasteiger partial charge in [0.15, 0.2) is 0 Å². The first-order valence-electron chi connectivity index (χ1n) is 12.4. The molecule has 1 saturated heterocycles. The van der Waals surface area contributed by atoms with Gasteiger partial charge in [-0.2, -0.15) is 0 Å². The molecule has 3 aromatic rings. The number of anilines is 1. The zero-order valence-corrected chi connectivity index (χ0v) is 22.4. The van der Waals surface area contributed by atoms with Crippen LogP contribution in [0, 0.1) is 12.8 Å². The molecule has 1 heterocycles. The molecule has 37 heavy (non-hydrogen) atoms. The van der Waals surface area contributed by atoms with Gasteiger partial charge in [0.1, 0.15) is 0 Å². The fourth-order valence-electron chi connectivity index (χ4n) is 4.82. The molecule has 4 rings (SSSR count). The molecule has 0 aromatic heterocycles. The third-order valence-corrected chi connectivity index (χ3v) is 8.41. The fraction of sp³-hybridized carbons (Fsp3) is 0.357. The van der Waals surface area contributed by atoms with Gasteiger partial charge in [-0.3, -0.25) is 9.59 Å². The van der Waals surface area contributed by atoms with Crippen molar-refractivity contribution in [3.8, 4) is 0 Å². The van der Waals surface area contributed by atoms with E-state index in [9.17, 15) is 18.0 Å². The van der Waals surface area contributed by atoms with Crippen molar-refractivity contribution in [1.82, 2.24) is 9.62 Å². The number of rotatable bonds is 6. The second-order valence-electron chi connectivity index (χ2n) is 10.4. The second kappa shape index (κ2) is 10.2. The van der Waals surface area contributed by atoms with E-state index in [0.717, 1.165) is 5.56 Å². The number of carbonyl (C=O) groups is 2. The van der Waals surface area contributed by atoms with Gasteiger partial charge in [-0.1, -0.05) is 49.4 Å². The number of carbonyl (C=O) groups excluding carboxylic acids is 2. The minimum Gasteiger partial charge on any atom is -0.341 e. The highest BCUT2D eigenvalue weighted by molar-refractivity contribution is 7.89. The number of benzene rings is 3. The Kier molecular flexibility index (Phi) is 7.41. The molecule has 0 bridgehead atoms. The Bertz CT molecular complexity index is 1450. The number of hydrogen-bond acceptors (Lipinski definition) is 5. The lowest BCUT2D eigenvalue weighted by molar-refractivity contribution is -0.137. The van der Waals surface area contributed by atoms with E-state index in [1.807, 2.05) is 26.0 Å². The highest BCUT2D eigenvalue weighted by Crippen LogP contribution is 2.30. The summed E-state index contributed by atoms with van der Waals surface area (Å²) in [5.74, 6) is -0.489. The largest absolute Gasteiger partial charge is 0.341 e. The number of nitrogens with two attached hydrogens (primary N) is 1. The molecule has 4 N–H and O–H groups in total. The van der Waals surface area contributed by atoms with Crippen molar-refractivity contribution in [2.45, 2.75) is 50.6 Å². The van der Waals surface area contributed by atoms with Crippen molar-refractivity contribution in [3.05, 3.63) is 71.8 Å². The molecular formula is C28H34N4O4S. The first-order chi connectivity index (χ1) is 17.4. The normalized spacial score (nSPS) is 18.6. The van der Waals surface area contributed by atoms with Crippen LogP contribution >= 0.6 is 0 Å². The Morgan fingerprint density at radius 2 is 1.68 bits per heavy atom. The van der Waals surface area contributed by atoms with Crippen LogP contribution in [0.15, 0.2) is 65.6 Å². The monoisotopic (exact) mass is 522 g/mol. The molecule has 8 nitrogen and oxygen atoms in total. The smallest absolute Gasteiger partial charge is 0.255 e. The van der Waals surface area contributed by atoms with Gasteiger partial charge in [-0.25, -0.2) is 13.1 Å². The Balaban J connectivity index is 1.57. The number of amides is 2. The summed E-state index contributed by atoms with van der Waals surface area (Å²) in [4.78, 5) is 27.3. The summed E-state index contributed by atoms with van der Waals surface area (Å²) in [7, 11) is -3.88. The molecule has 0 spiro atoms. The first kappa shape index (κ1) is 26.8. The Labute approximate surface area is 218 Å². The van der Waals surface area contributed by atoms with Crippen molar-refractivity contribution >= 4 is 38.3 Å². The predicted molar refractivity (Wildman–Crippen MR) is 146 cm³/mol. The maximum Gasteiger partial charge on any atom is 0.255 e. The molecule has 1 aliphatic heterocycles. The molecule has 1 fully saturated rings. The van der Waals surface area contributed by atoms with Gasteiger partial charge >= 0.3 is 0 Å². The molecule has 196 valence electrons. The van der Waals surface area contributed by atoms with Gasteiger partial charge in [-0.15, -0.1) is 0 Å². The molecule has 1 aliphatic rings. The lowest BCUT2D eigenvalue weighted by Gasteiger charge is -2.39. The molecule has 2 atom stereocenters. The lowest BCUT2D eigenvalue weighted by atomic mass is 9.93. The van der Waals surface area contributed by atoms with Gasteiger partial charge in [0.2, 0.25) is 15.9 Å². The predicted octanol–water partition coefficient (Wildman–Crippen LogP) is 3.65. The average Bonchev–Trinajstić information content (AvgIpc) is 2.84. The molecule has 0 unspecified atom stereocenters. The number of fused-ring (bicyclic) bond motifs is 1. The van der Waals surface area contributed by atoms with E-state index in [0.29, 0.717) is 41.5 Å². The van der Waals surface area contributed by atoms with E-state index in [-0.39, 0.29) is 28.7 Å². The number of nitrogens with zero attached hydrogens (tertiary/aromatic N) is 1. The molecule has 9 heteroatoms. The van der Waals surface area contributed by atoms with Crippen LogP contribution in [0.5, 0.6) is 0 Å². The molecular weight excluding hydrogens is 488 g/mol. The topological polar surface area (TPSA) is 122 Å². The lowest BCUT2D eigenvalue weighted by Crippen LogP contribution is -2.57. The zero-order chi connectivity index (χ0) is 27.0. The van der Waals surface area contributed by atoms with Crippen LogP contribution in [-0.2, 0) is 14.8 Å². The standard InChI is InChI=1S/C28H34N4O4S/c1-18-9-5-6-10-20(18)26(33)30-24-13-7-12-22-21(24)11-8-14-25(22)37(35,36)31-23-15-16-32(17-19(23)2)27(34)28(3,4)29/h5-14,19,23,31H,15-17,29H2,1-4H3,(H,30,33)/t19-,23-/m0/s1. The van der Waals surface area contributed by atoms with Gasteiger partial charge < -0.3 is 16.0 Å². The van der Waals surface area contributed by atoms with E-state index >= 15 is 0 Å². The third-order valence-electron chi connectivity index (χ3n) is 6.86. The quantitative estimate of drug-likeness (QED) is 0.456. The zero-order valence-electron chi connectivity index (χ0n) is 21.6. The number of likely N-dealkylation sites (tertiary alicyclic amines) is 1. The van der Waals surface area contributed by atoms with Crippen molar-refractivity contribution in [2.75, 3.05) is 18.4 Å². The first-order valence-corrected chi connectivity index (χ1v) is 13.9. The van der Waals surface area contributed by atoms with Crippen LogP contribution < -0.4 is 15.8 Å². The SMILES string of the molecule is Cc1ccccc1C(=O)Nc1cccc2c(S(=O)(=O)N[C@H]3CCN(C(=O)C(C)(C)N)C[C@@H]3C)cccc12. The van der Waals surface area contributed by atoms with E-state index in [2.05, 4.69) is 10.0 Å². The highest BCUT2D eigenvalue weighted by atomic mass is 32.2. The maximum absolute atomic E-state index is 13.5. The molecule has 2 amide bonds. The second-order valence-corrected chi connectivity index (χ2v) is 12.1. The van der Waals surface area contributed by atoms with Gasteiger partial charge in [0.25, 0.3) is 5.91 Å². The van der Waals surface area contributed by atoms with E-state index in [1.165, 1.54) is 0 Å². The summed E-state index contributed by atoms with van der Waals surface area (Å²) < 4.78 is 29.9. The van der Waals surface area contributed by atoms with Crippen molar-refractivity contribution in [3.63, 3.8) is 0 Å². The molecule has 0 aliphatic carbocycles. The minimum absolute atomic E-state index is 0.0891. The van der Waals surface area contributed by atoms with Crippen LogP contribution in [-0.4, -0.2) is 49.8 Å². The number of nitrogens with one attached hydrogen (secondary N) is 2. The van der Waals surface area contributed by atoms with Crippen LogP contribution in [0.4, 0.5) is 5.69 Å². The maximum atomic E-state index is 13.5. The van der Waals surface area contributed by atoms with E-state index in [1.54, 1.807) is 67.3 Å². The van der Waals surface area contributed by atoms with Gasteiger partial charge in [-0.05, 0) is 56.9 Å². The van der Waals surface area contributed by atoms with E-state index < -0.39 is 15.6 Å². The minimum atomic E-state index is -3.88. The highest BCUT2D eigenvalue weighted by Gasteiger charge is 2.36. The van der Waals surface area contributed by atoms with Gasteiger partial charge in [0.05, 0.1) is 10.4 Å². The summed E-state index contributed by atoms with van der Waals surface area (Å²) in [5.41, 5.74) is 6.95. The van der Waals surface area contributed by atoms with Crippen LogP contribution in [0.1, 0.15) is 43.1 Å². The molecule has 0 saturated carbocycles. The number of sulfonamides is 1. The number of aryl methyl sites for hydroxylation is 1. The van der Waals surface area contributed by atoms with E-state index in [4.69, 9.17) is 5.73 Å². The summed E-state index contributed by atoms with van der Waals surface area (Å²) in [6, 6.07) is 17.2. The third kappa shape index (κ3) is 5.69. The Morgan fingerprint density at radius 1 is 1.00 bits per heavy atom. The Hall–Kier alpha value is -3.27. The van der Waals surface area contributed by atoms with Crippen LogP contribution in [0.3, 0.4) is 0 Å². The van der Waals surface area contributed by atoms with Crippen molar-refractivity contribution < 1.29 is 18.0 Å². The summed E-state index contributed by atoms with van der Waals surface area (Å²) in [6.45, 7) is 8.00. The summed E-state index contributed by atoms with van der Waals surface area (Å²) in [6.07, 6.45) is 0.491. The number of hydrogen-bond donors (Lipinski definition) is 3. The Morgan fingerprint density at radius 3 is 2.35 bits per heavy atom. The fourth-order valence-corrected chi connectivity index (χ4v) is 6.42. The van der Waals surface area contributed by atoms with Crippen LogP contribution in [0.25, 0.3) is 10.8 Å². The van der Waals surface area contributed by atoms with Crippen molar-refractivity contribution in [1.29, 1.82) is 0 Å². The van der Waals surface area contributed by atoms with Gasteiger partial charge in [0, 0.05) is 41.2 Å². The summed E-state index contributed by atoms with van der Waals surface area (Å²) >= 11 is 0. The van der Waals surface area contributed by atoms with Crippen molar-refractivity contribution in [2.24, 2.45) is 11.7 Å². The van der Waals surface area contributed by atoms with Crippen LogP contribution in [0.2, 0.25) is 0 Å².